The van der Waals surface area contributed by atoms with Gasteiger partial charge in [0.1, 0.15) is 11.9 Å². The van der Waals surface area contributed by atoms with Crippen LogP contribution in [-0.2, 0) is 14.8 Å². The first-order valence-electron chi connectivity index (χ1n) is 8.85. The summed E-state index contributed by atoms with van der Waals surface area (Å²) in [5.41, 5.74) is 0.535. The smallest absolute Gasteiger partial charge is 0.263 e. The first kappa shape index (κ1) is 19.4. The van der Waals surface area contributed by atoms with Crippen LogP contribution in [0.15, 0.2) is 34.2 Å². The number of benzene rings is 1. The normalized spacial score (nSPS) is 17.8. The van der Waals surface area contributed by atoms with E-state index in [1.54, 1.807) is 36.2 Å². The summed E-state index contributed by atoms with van der Waals surface area (Å²) in [4.78, 5) is 19.2. The van der Waals surface area contributed by atoms with Crippen molar-refractivity contribution in [2.24, 2.45) is 4.99 Å². The minimum absolute atomic E-state index is 0.0574. The van der Waals surface area contributed by atoms with Gasteiger partial charge in [-0.3, -0.25) is 14.5 Å². The maximum absolute atomic E-state index is 12.8. The number of nitrogens with zero attached hydrogens (tertiary/aromatic N) is 2. The standard InChI is InChI=1S/C18H27N3O3S/c1-4-6-11-15(18(22)21(3)13-7-5-2)19-17-14-10-8-9-12-16(14)25(23,24)20-17/h8-10,12,15H,4-7,11,13H2,1-3H3,(H,19,20). The molecule has 0 aliphatic carbocycles. The molecular formula is C18H27N3O3S. The molecule has 0 fully saturated rings. The Balaban J connectivity index is 2.30. The van der Waals surface area contributed by atoms with E-state index >= 15 is 0 Å². The summed E-state index contributed by atoms with van der Waals surface area (Å²) in [6, 6.07) is 6.15. The highest BCUT2D eigenvalue weighted by Gasteiger charge is 2.32. The number of sulfonamides is 1. The fraction of sp³-hybridized carbons (Fsp3) is 0.556. The van der Waals surface area contributed by atoms with E-state index < -0.39 is 16.1 Å². The van der Waals surface area contributed by atoms with E-state index in [0.717, 1.165) is 25.7 Å². The molecule has 0 bridgehead atoms. The van der Waals surface area contributed by atoms with Gasteiger partial charge in [0.25, 0.3) is 10.0 Å². The molecule has 0 aromatic heterocycles. The average Bonchev–Trinajstić information content (AvgIpc) is 2.86. The third-order valence-corrected chi connectivity index (χ3v) is 5.68. The molecule has 1 atom stereocenters. The molecule has 1 aromatic rings. The van der Waals surface area contributed by atoms with Gasteiger partial charge in [-0.15, -0.1) is 0 Å². The predicted octanol–water partition coefficient (Wildman–Crippen LogP) is 2.54. The fourth-order valence-electron chi connectivity index (χ4n) is 2.79. The quantitative estimate of drug-likeness (QED) is 0.769. The fourth-order valence-corrected chi connectivity index (χ4v) is 4.03. The highest BCUT2D eigenvalue weighted by atomic mass is 32.2. The second-order valence-electron chi connectivity index (χ2n) is 6.35. The maximum Gasteiger partial charge on any atom is 0.263 e. The molecular weight excluding hydrogens is 338 g/mol. The maximum atomic E-state index is 12.8. The Hall–Kier alpha value is -1.89. The summed E-state index contributed by atoms with van der Waals surface area (Å²) >= 11 is 0. The van der Waals surface area contributed by atoms with Crippen molar-refractivity contribution >= 4 is 21.8 Å². The summed E-state index contributed by atoms with van der Waals surface area (Å²) in [6.45, 7) is 4.82. The molecule has 25 heavy (non-hydrogen) atoms. The Morgan fingerprint density at radius 3 is 2.56 bits per heavy atom. The summed E-state index contributed by atoms with van der Waals surface area (Å²) in [7, 11) is -1.81. The van der Waals surface area contributed by atoms with Gasteiger partial charge in [-0.25, -0.2) is 8.42 Å². The second-order valence-corrected chi connectivity index (χ2v) is 8.00. The van der Waals surface area contributed by atoms with Crippen LogP contribution in [0.5, 0.6) is 0 Å². The van der Waals surface area contributed by atoms with E-state index in [2.05, 4.69) is 23.6 Å². The number of fused-ring (bicyclic) bond motifs is 1. The summed E-state index contributed by atoms with van der Waals surface area (Å²) in [6.07, 6.45) is 4.38. The van der Waals surface area contributed by atoms with Crippen molar-refractivity contribution in [2.45, 2.75) is 56.9 Å². The summed E-state index contributed by atoms with van der Waals surface area (Å²) in [5.74, 6) is 0.215. The van der Waals surface area contributed by atoms with Gasteiger partial charge < -0.3 is 4.90 Å². The van der Waals surface area contributed by atoms with E-state index in [9.17, 15) is 13.2 Å². The molecule has 6 nitrogen and oxygen atoms in total. The van der Waals surface area contributed by atoms with Crippen LogP contribution < -0.4 is 4.72 Å². The molecule has 1 aliphatic heterocycles. The highest BCUT2D eigenvalue weighted by molar-refractivity contribution is 7.90. The Labute approximate surface area is 150 Å². The van der Waals surface area contributed by atoms with E-state index in [-0.39, 0.29) is 16.6 Å². The molecule has 0 saturated heterocycles. The predicted molar refractivity (Wildman–Crippen MR) is 99.2 cm³/mol. The van der Waals surface area contributed by atoms with E-state index in [1.807, 2.05) is 0 Å². The number of unbranched alkanes of at least 4 members (excludes halogenated alkanes) is 2. The van der Waals surface area contributed by atoms with Crippen molar-refractivity contribution in [1.82, 2.24) is 9.62 Å². The lowest BCUT2D eigenvalue weighted by atomic mass is 10.1. The number of nitrogens with one attached hydrogen (secondary N) is 1. The van der Waals surface area contributed by atoms with Gasteiger partial charge in [-0.1, -0.05) is 45.2 Å². The summed E-state index contributed by atoms with van der Waals surface area (Å²) in [5, 5.41) is 0. The number of likely N-dealkylation sites (N-methyl/N-ethyl adjacent to an activating group) is 1. The summed E-state index contributed by atoms with van der Waals surface area (Å²) < 4.78 is 26.9. The Morgan fingerprint density at radius 2 is 1.88 bits per heavy atom. The first-order valence-corrected chi connectivity index (χ1v) is 10.3. The number of aliphatic imine (C=N–C) groups is 1. The minimum atomic E-state index is -3.59. The Morgan fingerprint density at radius 1 is 1.20 bits per heavy atom. The highest BCUT2D eigenvalue weighted by Crippen LogP contribution is 2.23. The van der Waals surface area contributed by atoms with Crippen molar-refractivity contribution in [3.8, 4) is 0 Å². The number of rotatable bonds is 8. The third kappa shape index (κ3) is 4.60. The molecule has 1 amide bonds. The molecule has 0 radical (unpaired) electrons. The van der Waals surface area contributed by atoms with Gasteiger partial charge in [0.15, 0.2) is 0 Å². The van der Waals surface area contributed by atoms with Crippen LogP contribution in [0.25, 0.3) is 0 Å². The molecule has 1 N–H and O–H groups in total. The second kappa shape index (κ2) is 8.47. The van der Waals surface area contributed by atoms with Crippen LogP contribution in [-0.4, -0.2) is 44.7 Å². The van der Waals surface area contributed by atoms with Crippen molar-refractivity contribution in [3.05, 3.63) is 29.8 Å². The largest absolute Gasteiger partial charge is 0.344 e. The number of amides is 1. The zero-order valence-electron chi connectivity index (χ0n) is 15.2. The number of amidine groups is 1. The molecule has 1 aromatic carbocycles. The van der Waals surface area contributed by atoms with Crippen LogP contribution in [0.1, 0.15) is 51.5 Å². The molecule has 1 unspecified atom stereocenters. The number of carbonyl (C=O) groups excluding carboxylic acids is 1. The van der Waals surface area contributed by atoms with Crippen molar-refractivity contribution < 1.29 is 13.2 Å². The number of carbonyl (C=O) groups is 1. The topological polar surface area (TPSA) is 78.8 Å². The van der Waals surface area contributed by atoms with Gasteiger partial charge in [0.2, 0.25) is 5.91 Å². The lowest BCUT2D eigenvalue weighted by Gasteiger charge is -2.21. The number of hydrogen-bond acceptors (Lipinski definition) is 4. The first-order chi connectivity index (χ1) is 11.9. The van der Waals surface area contributed by atoms with Crippen LogP contribution in [0.2, 0.25) is 0 Å². The Bertz CT molecular complexity index is 744. The van der Waals surface area contributed by atoms with Gasteiger partial charge >= 0.3 is 0 Å². The van der Waals surface area contributed by atoms with Gasteiger partial charge in [0.05, 0.1) is 4.90 Å². The number of hydrogen-bond donors (Lipinski definition) is 1. The Kier molecular flexibility index (Phi) is 6.58. The van der Waals surface area contributed by atoms with Crippen LogP contribution in [0.3, 0.4) is 0 Å². The molecule has 7 heteroatoms. The van der Waals surface area contributed by atoms with Gasteiger partial charge in [-0.2, -0.15) is 0 Å². The van der Waals surface area contributed by atoms with Crippen LogP contribution in [0.4, 0.5) is 0 Å². The SMILES string of the molecule is CCCCC(N=C1NS(=O)(=O)c2ccccc21)C(=O)N(C)CCCC. The zero-order valence-corrected chi connectivity index (χ0v) is 16.0. The van der Waals surface area contributed by atoms with E-state index in [0.29, 0.717) is 18.5 Å². The minimum Gasteiger partial charge on any atom is -0.344 e. The molecule has 2 rings (SSSR count). The molecule has 1 heterocycles. The lowest BCUT2D eigenvalue weighted by molar-refractivity contribution is -0.131. The monoisotopic (exact) mass is 365 g/mol. The van der Waals surface area contributed by atoms with Crippen molar-refractivity contribution in [3.63, 3.8) is 0 Å². The van der Waals surface area contributed by atoms with E-state index in [1.165, 1.54) is 0 Å². The molecule has 1 aliphatic rings. The van der Waals surface area contributed by atoms with Gasteiger partial charge in [0, 0.05) is 19.2 Å². The molecule has 138 valence electrons. The van der Waals surface area contributed by atoms with Gasteiger partial charge in [-0.05, 0) is 25.0 Å². The van der Waals surface area contributed by atoms with E-state index in [4.69, 9.17) is 0 Å². The van der Waals surface area contributed by atoms with Crippen molar-refractivity contribution in [2.75, 3.05) is 13.6 Å². The lowest BCUT2D eigenvalue weighted by Crippen LogP contribution is -2.37. The van der Waals surface area contributed by atoms with Crippen molar-refractivity contribution in [1.29, 1.82) is 0 Å². The third-order valence-electron chi connectivity index (χ3n) is 4.29. The van der Waals surface area contributed by atoms with Crippen LogP contribution in [0, 0.1) is 0 Å². The van der Waals surface area contributed by atoms with Crippen LogP contribution >= 0.6 is 0 Å². The molecule has 0 spiro atoms. The zero-order chi connectivity index (χ0) is 18.4. The molecule has 0 saturated carbocycles. The average molecular weight is 365 g/mol.